The summed E-state index contributed by atoms with van der Waals surface area (Å²) in [5.74, 6) is -0.486. The minimum atomic E-state index is -0.724. The molecule has 0 spiro atoms. The van der Waals surface area contributed by atoms with Gasteiger partial charge in [-0.05, 0) is 26.0 Å². The van der Waals surface area contributed by atoms with Gasteiger partial charge in [-0.1, -0.05) is 48.0 Å². The predicted octanol–water partition coefficient (Wildman–Crippen LogP) is 3.24. The van der Waals surface area contributed by atoms with Gasteiger partial charge in [0.2, 0.25) is 0 Å². The van der Waals surface area contributed by atoms with Gasteiger partial charge in [0.15, 0.2) is 0 Å². The second-order valence-electron chi connectivity index (χ2n) is 5.84. The van der Waals surface area contributed by atoms with Crippen molar-refractivity contribution in [2.24, 2.45) is 0 Å². The number of benzene rings is 2. The van der Waals surface area contributed by atoms with Gasteiger partial charge < -0.3 is 4.74 Å². The van der Waals surface area contributed by atoms with Crippen molar-refractivity contribution in [1.82, 2.24) is 20.6 Å². The highest BCUT2D eigenvalue weighted by Gasteiger charge is 2.19. The van der Waals surface area contributed by atoms with Crippen LogP contribution in [0.25, 0.3) is 16.9 Å². The Hall–Kier alpha value is -3.61. The van der Waals surface area contributed by atoms with Crippen molar-refractivity contribution < 1.29 is 14.3 Å². The Bertz CT molecular complexity index is 934. The van der Waals surface area contributed by atoms with Crippen molar-refractivity contribution >= 4 is 12.0 Å². The number of aromatic nitrogens is 2. The third-order valence-electron chi connectivity index (χ3n) is 3.86. The van der Waals surface area contributed by atoms with Crippen LogP contribution in [0.2, 0.25) is 0 Å². The lowest BCUT2D eigenvalue weighted by molar-refractivity contribution is 0.0913. The lowest BCUT2D eigenvalue weighted by Gasteiger charge is -2.07. The van der Waals surface area contributed by atoms with Crippen LogP contribution < -0.4 is 10.9 Å². The summed E-state index contributed by atoms with van der Waals surface area (Å²) in [6, 6.07) is 17.2. The Labute approximate surface area is 156 Å². The molecule has 0 aliphatic carbocycles. The third-order valence-corrected chi connectivity index (χ3v) is 3.86. The molecule has 138 valence electrons. The van der Waals surface area contributed by atoms with Crippen molar-refractivity contribution in [1.29, 1.82) is 0 Å². The fraction of sp³-hybridized carbons (Fsp3) is 0.150. The van der Waals surface area contributed by atoms with Gasteiger partial charge in [-0.15, -0.1) is 0 Å². The Balaban J connectivity index is 1.94. The zero-order valence-corrected chi connectivity index (χ0v) is 15.1. The van der Waals surface area contributed by atoms with Gasteiger partial charge >= 0.3 is 6.09 Å². The number of ether oxygens (including phenoxy) is 1. The third kappa shape index (κ3) is 4.33. The van der Waals surface area contributed by atoms with Crippen LogP contribution in [-0.2, 0) is 4.74 Å². The smallest absolute Gasteiger partial charge is 0.426 e. The van der Waals surface area contributed by atoms with E-state index in [2.05, 4.69) is 16.0 Å². The number of hydrazine groups is 1. The maximum Gasteiger partial charge on any atom is 0.426 e. The molecule has 1 aromatic heterocycles. The Morgan fingerprint density at radius 2 is 1.74 bits per heavy atom. The second kappa shape index (κ2) is 8.18. The molecule has 0 bridgehead atoms. The number of rotatable bonds is 4. The zero-order valence-electron chi connectivity index (χ0n) is 15.1. The molecule has 3 rings (SSSR count). The van der Waals surface area contributed by atoms with Gasteiger partial charge in [-0.25, -0.2) is 14.9 Å². The molecule has 2 N–H and O–H groups in total. The molecule has 27 heavy (non-hydrogen) atoms. The summed E-state index contributed by atoms with van der Waals surface area (Å²) in [6.07, 6.45) is 0.910. The van der Waals surface area contributed by atoms with Crippen molar-refractivity contribution in [3.8, 4) is 16.9 Å². The van der Waals surface area contributed by atoms with Gasteiger partial charge in [-0.2, -0.15) is 5.10 Å². The van der Waals surface area contributed by atoms with E-state index in [1.54, 1.807) is 17.8 Å². The standard InChI is InChI=1S/C20H20N4O3/c1-3-27-20(26)22-21-19(25)17-13-24(16-11-9-14(2)10-12-16)23-18(17)15-7-5-4-6-8-15/h4-13H,3H2,1-2H3,(H,21,25)(H,22,26). The number of aryl methyl sites for hydroxylation is 1. The molecule has 0 unspecified atom stereocenters. The summed E-state index contributed by atoms with van der Waals surface area (Å²) in [5, 5.41) is 4.58. The fourth-order valence-electron chi connectivity index (χ4n) is 2.52. The summed E-state index contributed by atoms with van der Waals surface area (Å²) >= 11 is 0. The summed E-state index contributed by atoms with van der Waals surface area (Å²) in [7, 11) is 0. The monoisotopic (exact) mass is 364 g/mol. The lowest BCUT2D eigenvalue weighted by atomic mass is 10.1. The van der Waals surface area contributed by atoms with Crippen molar-refractivity contribution in [3.05, 3.63) is 71.9 Å². The van der Waals surface area contributed by atoms with Gasteiger partial charge in [-0.3, -0.25) is 10.2 Å². The first-order valence-electron chi connectivity index (χ1n) is 8.53. The van der Waals surface area contributed by atoms with E-state index in [0.717, 1.165) is 16.8 Å². The minimum absolute atomic E-state index is 0.211. The van der Waals surface area contributed by atoms with Crippen molar-refractivity contribution in [2.75, 3.05) is 6.61 Å². The van der Waals surface area contributed by atoms with Crippen molar-refractivity contribution in [3.63, 3.8) is 0 Å². The molecule has 7 nitrogen and oxygen atoms in total. The first-order chi connectivity index (χ1) is 13.1. The molecule has 0 saturated carbocycles. The quantitative estimate of drug-likeness (QED) is 0.696. The Kier molecular flexibility index (Phi) is 5.51. The van der Waals surface area contributed by atoms with E-state index in [1.807, 2.05) is 61.5 Å². The fourth-order valence-corrected chi connectivity index (χ4v) is 2.52. The molecular weight excluding hydrogens is 344 g/mol. The SMILES string of the molecule is CCOC(=O)NNC(=O)c1cn(-c2ccc(C)cc2)nc1-c1ccccc1. The van der Waals surface area contributed by atoms with Gasteiger partial charge in [0.25, 0.3) is 5.91 Å². The van der Waals surface area contributed by atoms with Gasteiger partial charge in [0, 0.05) is 11.8 Å². The first-order valence-corrected chi connectivity index (χ1v) is 8.53. The van der Waals surface area contributed by atoms with Gasteiger partial charge in [0.1, 0.15) is 5.69 Å². The number of carbonyl (C=O) groups excluding carboxylic acids is 2. The first kappa shape index (κ1) is 18.2. The summed E-state index contributed by atoms with van der Waals surface area (Å²) in [5.41, 5.74) is 8.17. The molecule has 0 atom stereocenters. The number of hydrogen-bond donors (Lipinski definition) is 2. The summed E-state index contributed by atoms with van der Waals surface area (Å²) < 4.78 is 6.38. The predicted molar refractivity (Wildman–Crippen MR) is 101 cm³/mol. The number of amides is 2. The molecule has 3 aromatic rings. The Morgan fingerprint density at radius 1 is 1.04 bits per heavy atom. The molecule has 1 heterocycles. The maximum absolute atomic E-state index is 12.6. The molecule has 2 aromatic carbocycles. The molecule has 2 amide bonds. The molecule has 0 fully saturated rings. The average molecular weight is 364 g/mol. The van der Waals surface area contributed by atoms with E-state index >= 15 is 0 Å². The van der Waals surface area contributed by atoms with Crippen LogP contribution in [0, 0.1) is 6.92 Å². The molecule has 0 aliphatic heterocycles. The summed E-state index contributed by atoms with van der Waals surface area (Å²) in [4.78, 5) is 24.0. The topological polar surface area (TPSA) is 85.3 Å². The Morgan fingerprint density at radius 3 is 2.41 bits per heavy atom. The van der Waals surface area contributed by atoms with Crippen LogP contribution in [0.4, 0.5) is 4.79 Å². The van der Waals surface area contributed by atoms with Crippen LogP contribution >= 0.6 is 0 Å². The van der Waals surface area contributed by atoms with E-state index in [0.29, 0.717) is 11.3 Å². The van der Waals surface area contributed by atoms with E-state index in [-0.39, 0.29) is 6.61 Å². The van der Waals surface area contributed by atoms with Gasteiger partial charge in [0.05, 0.1) is 17.9 Å². The molecule has 0 radical (unpaired) electrons. The average Bonchev–Trinajstić information content (AvgIpc) is 3.13. The number of hydrogen-bond acceptors (Lipinski definition) is 4. The maximum atomic E-state index is 12.6. The lowest BCUT2D eigenvalue weighted by Crippen LogP contribution is -2.42. The van der Waals surface area contributed by atoms with E-state index in [1.165, 1.54) is 0 Å². The van der Waals surface area contributed by atoms with Crippen LogP contribution in [0.1, 0.15) is 22.8 Å². The number of nitrogens with one attached hydrogen (secondary N) is 2. The summed E-state index contributed by atoms with van der Waals surface area (Å²) in [6.45, 7) is 3.89. The second-order valence-corrected chi connectivity index (χ2v) is 5.84. The van der Waals surface area contributed by atoms with E-state index in [9.17, 15) is 9.59 Å². The van der Waals surface area contributed by atoms with Crippen LogP contribution in [-0.4, -0.2) is 28.4 Å². The van der Waals surface area contributed by atoms with Crippen LogP contribution in [0.15, 0.2) is 60.8 Å². The minimum Gasteiger partial charge on any atom is -0.449 e. The van der Waals surface area contributed by atoms with E-state index in [4.69, 9.17) is 4.74 Å². The largest absolute Gasteiger partial charge is 0.449 e. The highest BCUT2D eigenvalue weighted by Crippen LogP contribution is 2.23. The highest BCUT2D eigenvalue weighted by molar-refractivity contribution is 6.00. The van der Waals surface area contributed by atoms with E-state index < -0.39 is 12.0 Å². The number of carbonyl (C=O) groups is 2. The number of nitrogens with zero attached hydrogens (tertiary/aromatic N) is 2. The molecule has 0 saturated heterocycles. The highest BCUT2D eigenvalue weighted by atomic mass is 16.5. The van der Waals surface area contributed by atoms with Crippen molar-refractivity contribution in [2.45, 2.75) is 13.8 Å². The molecular formula is C20H20N4O3. The normalized spacial score (nSPS) is 10.3. The van der Waals surface area contributed by atoms with Crippen LogP contribution in [0.3, 0.4) is 0 Å². The molecule has 7 heteroatoms. The van der Waals surface area contributed by atoms with Crippen LogP contribution in [0.5, 0.6) is 0 Å². The molecule has 0 aliphatic rings. The zero-order chi connectivity index (χ0) is 19.2.